The molecule has 2 aromatic carbocycles. The van der Waals surface area contributed by atoms with E-state index < -0.39 is 10.0 Å². The molecule has 0 radical (unpaired) electrons. The Morgan fingerprint density at radius 1 is 1.08 bits per heavy atom. The van der Waals surface area contributed by atoms with E-state index in [1.165, 1.54) is 4.31 Å². The minimum Gasteiger partial charge on any atom is -0.325 e. The number of carbonyl (C=O) groups is 1. The zero-order chi connectivity index (χ0) is 19.3. The minimum absolute atomic E-state index is 0.218. The van der Waals surface area contributed by atoms with Crippen LogP contribution in [0.25, 0.3) is 0 Å². The molecule has 0 aliphatic carbocycles. The second-order valence-electron chi connectivity index (χ2n) is 6.26. The molecule has 0 heterocycles. The number of hydrogen-bond donors (Lipinski definition) is 1. The predicted octanol–water partition coefficient (Wildman–Crippen LogP) is 3.52. The molecule has 0 saturated carbocycles. The summed E-state index contributed by atoms with van der Waals surface area (Å²) in [4.78, 5) is 12.7. The number of nitrogens with one attached hydrogen (secondary N) is 1. The number of carbonyl (C=O) groups excluding carboxylic acids is 1. The number of para-hydroxylation sites is 1. The molecule has 1 amide bonds. The van der Waals surface area contributed by atoms with E-state index in [4.69, 9.17) is 0 Å². The Bertz CT molecular complexity index is 892. The van der Waals surface area contributed by atoms with Crippen molar-refractivity contribution >= 4 is 21.6 Å². The van der Waals surface area contributed by atoms with E-state index in [0.717, 1.165) is 23.2 Å². The molecule has 0 aliphatic heterocycles. The highest BCUT2D eigenvalue weighted by Gasteiger charge is 2.27. The second-order valence-corrected chi connectivity index (χ2v) is 8.17. The lowest BCUT2D eigenvalue weighted by atomic mass is 10.1. The van der Waals surface area contributed by atoms with Crippen LogP contribution in [0.1, 0.15) is 30.5 Å². The van der Waals surface area contributed by atoms with Crippen LogP contribution in [0.4, 0.5) is 5.69 Å². The maximum absolute atomic E-state index is 13.0. The van der Waals surface area contributed by atoms with Crippen molar-refractivity contribution in [2.45, 2.75) is 39.0 Å². The van der Waals surface area contributed by atoms with Crippen molar-refractivity contribution in [1.82, 2.24) is 4.31 Å². The van der Waals surface area contributed by atoms with Gasteiger partial charge < -0.3 is 5.32 Å². The molecule has 5 nitrogen and oxygen atoms in total. The highest BCUT2D eigenvalue weighted by atomic mass is 32.2. The van der Waals surface area contributed by atoms with Gasteiger partial charge in [0.25, 0.3) is 0 Å². The van der Waals surface area contributed by atoms with Crippen molar-refractivity contribution in [3.8, 4) is 0 Å². The van der Waals surface area contributed by atoms with Gasteiger partial charge in [0.1, 0.15) is 0 Å². The summed E-state index contributed by atoms with van der Waals surface area (Å²) in [5.74, 6) is -0.346. The number of amides is 1. The van der Waals surface area contributed by atoms with Crippen molar-refractivity contribution < 1.29 is 13.2 Å². The summed E-state index contributed by atoms with van der Waals surface area (Å²) in [6, 6.07) is 12.8. The molecule has 6 heteroatoms. The van der Waals surface area contributed by atoms with Crippen molar-refractivity contribution in [2.24, 2.45) is 0 Å². The fourth-order valence-corrected chi connectivity index (χ4v) is 4.51. The number of likely N-dealkylation sites (N-methyl/N-ethyl adjacent to an activating group) is 1. The van der Waals surface area contributed by atoms with Crippen LogP contribution in [0, 0.1) is 13.8 Å². The van der Waals surface area contributed by atoms with Crippen LogP contribution in [-0.2, 0) is 21.2 Å². The first-order chi connectivity index (χ1) is 12.3. The molecule has 26 heavy (non-hydrogen) atoms. The maximum Gasteiger partial charge on any atom is 0.243 e. The Morgan fingerprint density at radius 2 is 1.77 bits per heavy atom. The van der Waals surface area contributed by atoms with Crippen LogP contribution in [0.2, 0.25) is 0 Å². The van der Waals surface area contributed by atoms with Gasteiger partial charge in [0, 0.05) is 12.2 Å². The van der Waals surface area contributed by atoms with Crippen LogP contribution in [0.15, 0.2) is 47.4 Å². The summed E-state index contributed by atoms with van der Waals surface area (Å²) in [6.45, 7) is 7.36. The first kappa shape index (κ1) is 20.1. The van der Waals surface area contributed by atoms with E-state index in [1.807, 2.05) is 44.2 Å². The fourth-order valence-electron chi connectivity index (χ4n) is 2.79. The first-order valence-corrected chi connectivity index (χ1v) is 10.2. The third-order valence-electron chi connectivity index (χ3n) is 4.31. The zero-order valence-corrected chi connectivity index (χ0v) is 16.6. The standard InChI is InChI=1S/C20H26N2O3S/c1-5-17-9-7-8-10-18(17)21-20(23)14-22(6-2)26(24,25)19-13-15(3)11-12-16(19)4/h7-13H,5-6,14H2,1-4H3,(H,21,23). The molecule has 0 saturated heterocycles. The largest absolute Gasteiger partial charge is 0.325 e. The van der Waals surface area contributed by atoms with Crippen molar-refractivity contribution in [3.63, 3.8) is 0 Å². The van der Waals surface area contributed by atoms with Gasteiger partial charge in [-0.05, 0) is 49.1 Å². The van der Waals surface area contributed by atoms with Gasteiger partial charge in [-0.25, -0.2) is 8.42 Å². The SMILES string of the molecule is CCc1ccccc1NC(=O)CN(CC)S(=O)(=O)c1cc(C)ccc1C. The molecule has 0 fully saturated rings. The molecular formula is C20H26N2O3S. The number of rotatable bonds is 7. The summed E-state index contributed by atoms with van der Waals surface area (Å²) in [7, 11) is -3.73. The summed E-state index contributed by atoms with van der Waals surface area (Å²) in [6.07, 6.45) is 0.786. The number of hydrogen-bond acceptors (Lipinski definition) is 3. The molecule has 0 bridgehead atoms. The monoisotopic (exact) mass is 374 g/mol. The fraction of sp³-hybridized carbons (Fsp3) is 0.350. The van der Waals surface area contributed by atoms with Gasteiger partial charge in [-0.15, -0.1) is 0 Å². The zero-order valence-electron chi connectivity index (χ0n) is 15.7. The third kappa shape index (κ3) is 4.51. The van der Waals surface area contributed by atoms with E-state index >= 15 is 0 Å². The highest BCUT2D eigenvalue weighted by molar-refractivity contribution is 7.89. The average Bonchev–Trinajstić information content (AvgIpc) is 2.61. The van der Waals surface area contributed by atoms with E-state index in [-0.39, 0.29) is 23.9 Å². The number of anilines is 1. The van der Waals surface area contributed by atoms with Crippen LogP contribution < -0.4 is 5.32 Å². The number of sulfonamides is 1. The number of aryl methyl sites for hydroxylation is 3. The van der Waals surface area contributed by atoms with Gasteiger partial charge in [0.15, 0.2) is 0 Å². The Morgan fingerprint density at radius 3 is 2.42 bits per heavy atom. The molecule has 0 aromatic heterocycles. The number of nitrogens with zero attached hydrogens (tertiary/aromatic N) is 1. The molecule has 0 aliphatic rings. The molecule has 1 N–H and O–H groups in total. The average molecular weight is 375 g/mol. The summed E-state index contributed by atoms with van der Waals surface area (Å²) in [5.41, 5.74) is 3.28. The quantitative estimate of drug-likeness (QED) is 0.806. The topological polar surface area (TPSA) is 66.5 Å². The van der Waals surface area contributed by atoms with Crippen molar-refractivity contribution in [3.05, 3.63) is 59.2 Å². The van der Waals surface area contributed by atoms with Gasteiger partial charge in [0.2, 0.25) is 15.9 Å². The van der Waals surface area contributed by atoms with Crippen LogP contribution >= 0.6 is 0 Å². The summed E-state index contributed by atoms with van der Waals surface area (Å²) >= 11 is 0. The van der Waals surface area contributed by atoms with Gasteiger partial charge in [-0.2, -0.15) is 4.31 Å². The Balaban J connectivity index is 2.22. The Kier molecular flexibility index (Phi) is 6.56. The normalized spacial score (nSPS) is 11.6. The van der Waals surface area contributed by atoms with Gasteiger partial charge in [0.05, 0.1) is 11.4 Å². The molecule has 2 rings (SSSR count). The van der Waals surface area contributed by atoms with E-state index in [2.05, 4.69) is 5.32 Å². The van der Waals surface area contributed by atoms with Gasteiger partial charge >= 0.3 is 0 Å². The lowest BCUT2D eigenvalue weighted by Gasteiger charge is -2.21. The smallest absolute Gasteiger partial charge is 0.243 e. The molecule has 0 unspecified atom stereocenters. The third-order valence-corrected chi connectivity index (χ3v) is 6.37. The Hall–Kier alpha value is -2.18. The summed E-state index contributed by atoms with van der Waals surface area (Å²) in [5, 5.41) is 2.83. The molecule has 140 valence electrons. The minimum atomic E-state index is -3.73. The van der Waals surface area contributed by atoms with Gasteiger partial charge in [-0.3, -0.25) is 4.79 Å². The van der Waals surface area contributed by atoms with Gasteiger partial charge in [-0.1, -0.05) is 44.2 Å². The van der Waals surface area contributed by atoms with Crippen LogP contribution in [-0.4, -0.2) is 31.7 Å². The van der Waals surface area contributed by atoms with Crippen molar-refractivity contribution in [1.29, 1.82) is 0 Å². The first-order valence-electron chi connectivity index (χ1n) is 8.74. The van der Waals surface area contributed by atoms with Crippen LogP contribution in [0.5, 0.6) is 0 Å². The highest BCUT2D eigenvalue weighted by Crippen LogP contribution is 2.21. The molecular weight excluding hydrogens is 348 g/mol. The molecule has 2 aromatic rings. The number of benzene rings is 2. The Labute approximate surface area is 156 Å². The molecule has 0 atom stereocenters. The maximum atomic E-state index is 13.0. The predicted molar refractivity (Wildman–Crippen MR) is 105 cm³/mol. The van der Waals surface area contributed by atoms with E-state index in [0.29, 0.717) is 5.56 Å². The van der Waals surface area contributed by atoms with Crippen LogP contribution in [0.3, 0.4) is 0 Å². The summed E-state index contributed by atoms with van der Waals surface area (Å²) < 4.78 is 27.2. The second kappa shape index (κ2) is 8.47. The molecule has 0 spiro atoms. The van der Waals surface area contributed by atoms with Crippen molar-refractivity contribution in [2.75, 3.05) is 18.4 Å². The van der Waals surface area contributed by atoms with E-state index in [1.54, 1.807) is 26.0 Å². The lowest BCUT2D eigenvalue weighted by molar-refractivity contribution is -0.116. The van der Waals surface area contributed by atoms with E-state index in [9.17, 15) is 13.2 Å². The lowest BCUT2D eigenvalue weighted by Crippen LogP contribution is -2.38.